The van der Waals surface area contributed by atoms with Crippen molar-refractivity contribution < 1.29 is 12.8 Å². The van der Waals surface area contributed by atoms with E-state index in [0.717, 1.165) is 27.4 Å². The molecule has 0 spiro atoms. The second-order valence-corrected chi connectivity index (χ2v) is 8.77. The minimum atomic E-state index is -3.57. The SMILES string of the molecule is CS(=O)(=O)c1ccc(-c2cscc2-c2cccc(Br)c2)cc1F. The fourth-order valence-electron chi connectivity index (χ4n) is 2.37. The molecule has 1 aromatic heterocycles. The van der Waals surface area contributed by atoms with E-state index in [4.69, 9.17) is 0 Å². The summed E-state index contributed by atoms with van der Waals surface area (Å²) in [4.78, 5) is -0.277. The van der Waals surface area contributed by atoms with Gasteiger partial charge >= 0.3 is 0 Å². The molecule has 0 radical (unpaired) electrons. The third-order valence-electron chi connectivity index (χ3n) is 3.44. The number of benzene rings is 2. The maximum atomic E-state index is 14.2. The fourth-order valence-corrected chi connectivity index (χ4v) is 4.36. The topological polar surface area (TPSA) is 34.1 Å². The van der Waals surface area contributed by atoms with E-state index in [9.17, 15) is 12.8 Å². The van der Waals surface area contributed by atoms with Gasteiger partial charge in [0, 0.05) is 21.9 Å². The van der Waals surface area contributed by atoms with Crippen LogP contribution in [0.15, 0.2) is 62.6 Å². The lowest BCUT2D eigenvalue weighted by Crippen LogP contribution is -2.00. The molecule has 0 aliphatic carbocycles. The standard InChI is InChI=1S/C17H12BrFO2S2/c1-23(20,21)17-6-5-12(8-16(17)19)15-10-22-9-14(15)11-3-2-4-13(18)7-11/h2-10H,1H3. The minimum absolute atomic E-state index is 0.277. The molecule has 0 unspecified atom stereocenters. The van der Waals surface area contributed by atoms with Gasteiger partial charge in [0.2, 0.25) is 0 Å². The number of thiophene rings is 1. The second-order valence-electron chi connectivity index (χ2n) is 5.13. The van der Waals surface area contributed by atoms with Gasteiger partial charge in [-0.15, -0.1) is 0 Å². The summed E-state index contributed by atoms with van der Waals surface area (Å²) >= 11 is 4.97. The Morgan fingerprint density at radius 2 is 1.65 bits per heavy atom. The van der Waals surface area contributed by atoms with E-state index in [0.29, 0.717) is 5.56 Å². The molecule has 0 N–H and O–H groups in total. The van der Waals surface area contributed by atoms with Crippen LogP contribution < -0.4 is 0 Å². The lowest BCUT2D eigenvalue weighted by molar-refractivity contribution is 0.571. The first-order valence-corrected chi connectivity index (χ1v) is 10.3. The zero-order valence-corrected chi connectivity index (χ0v) is 15.3. The maximum absolute atomic E-state index is 14.2. The third-order valence-corrected chi connectivity index (χ3v) is 5.81. The van der Waals surface area contributed by atoms with Crippen LogP contribution in [-0.4, -0.2) is 14.7 Å². The van der Waals surface area contributed by atoms with E-state index >= 15 is 0 Å². The van der Waals surface area contributed by atoms with Crippen molar-refractivity contribution in [2.24, 2.45) is 0 Å². The largest absolute Gasteiger partial charge is 0.224 e. The Morgan fingerprint density at radius 1 is 1.00 bits per heavy atom. The van der Waals surface area contributed by atoms with Crippen LogP contribution in [0.2, 0.25) is 0 Å². The van der Waals surface area contributed by atoms with Crippen LogP contribution >= 0.6 is 27.3 Å². The van der Waals surface area contributed by atoms with Gasteiger partial charge in [0.1, 0.15) is 10.7 Å². The van der Waals surface area contributed by atoms with Gasteiger partial charge in [-0.3, -0.25) is 0 Å². The van der Waals surface area contributed by atoms with Crippen LogP contribution in [0.1, 0.15) is 0 Å². The van der Waals surface area contributed by atoms with Crippen molar-refractivity contribution in [2.75, 3.05) is 6.26 Å². The molecule has 3 aromatic rings. The molecule has 0 fully saturated rings. The molecule has 2 aromatic carbocycles. The van der Waals surface area contributed by atoms with Crippen LogP contribution in [0.25, 0.3) is 22.3 Å². The molecule has 0 amide bonds. The van der Waals surface area contributed by atoms with E-state index < -0.39 is 15.7 Å². The average Bonchev–Trinajstić information content (AvgIpc) is 2.95. The van der Waals surface area contributed by atoms with Gasteiger partial charge < -0.3 is 0 Å². The first kappa shape index (κ1) is 16.4. The highest BCUT2D eigenvalue weighted by Gasteiger charge is 2.16. The Bertz CT molecular complexity index is 978. The minimum Gasteiger partial charge on any atom is -0.224 e. The zero-order chi connectivity index (χ0) is 16.6. The van der Waals surface area contributed by atoms with E-state index in [1.165, 1.54) is 23.5 Å². The zero-order valence-electron chi connectivity index (χ0n) is 12.1. The smallest absolute Gasteiger partial charge is 0.178 e. The summed E-state index contributed by atoms with van der Waals surface area (Å²) < 4.78 is 38.2. The Morgan fingerprint density at radius 3 is 2.22 bits per heavy atom. The van der Waals surface area contributed by atoms with E-state index in [2.05, 4.69) is 15.9 Å². The molecule has 0 saturated carbocycles. The third kappa shape index (κ3) is 3.39. The summed E-state index contributed by atoms with van der Waals surface area (Å²) in [5.74, 6) is -0.726. The Balaban J connectivity index is 2.11. The molecule has 1 heterocycles. The van der Waals surface area contributed by atoms with Gasteiger partial charge in [-0.1, -0.05) is 34.1 Å². The van der Waals surface area contributed by atoms with Gasteiger partial charge in [0.25, 0.3) is 0 Å². The van der Waals surface area contributed by atoms with Gasteiger partial charge in [0.15, 0.2) is 9.84 Å². The molecule has 3 rings (SSSR count). The van der Waals surface area contributed by atoms with Crippen LogP contribution in [0.5, 0.6) is 0 Å². The average molecular weight is 411 g/mol. The molecule has 0 aliphatic rings. The summed E-state index contributed by atoms with van der Waals surface area (Å²) in [5.41, 5.74) is 3.55. The van der Waals surface area contributed by atoms with Crippen LogP contribution in [0.3, 0.4) is 0 Å². The highest BCUT2D eigenvalue weighted by atomic mass is 79.9. The van der Waals surface area contributed by atoms with Crippen molar-refractivity contribution in [3.63, 3.8) is 0 Å². The van der Waals surface area contributed by atoms with Gasteiger partial charge in [-0.05, 0) is 46.2 Å². The molecule has 6 heteroatoms. The summed E-state index contributed by atoms with van der Waals surface area (Å²) in [7, 11) is -3.57. The molecule has 0 atom stereocenters. The molecule has 2 nitrogen and oxygen atoms in total. The van der Waals surface area contributed by atoms with Crippen molar-refractivity contribution in [3.8, 4) is 22.3 Å². The van der Waals surface area contributed by atoms with Crippen LogP contribution in [0.4, 0.5) is 4.39 Å². The first-order valence-electron chi connectivity index (χ1n) is 6.68. The Kier molecular flexibility index (Phi) is 4.40. The summed E-state index contributed by atoms with van der Waals surface area (Å²) in [6.45, 7) is 0. The monoisotopic (exact) mass is 410 g/mol. The molecular weight excluding hydrogens is 399 g/mol. The van der Waals surface area contributed by atoms with Crippen LogP contribution in [-0.2, 0) is 9.84 Å². The lowest BCUT2D eigenvalue weighted by atomic mass is 9.99. The highest BCUT2D eigenvalue weighted by Crippen LogP contribution is 2.37. The molecule has 0 aliphatic heterocycles. The summed E-state index contributed by atoms with van der Waals surface area (Å²) in [6.07, 6.45) is 1.00. The summed E-state index contributed by atoms with van der Waals surface area (Å²) in [5, 5.41) is 3.94. The van der Waals surface area contributed by atoms with Crippen molar-refractivity contribution >= 4 is 37.1 Å². The molecule has 118 valence electrons. The summed E-state index contributed by atoms with van der Waals surface area (Å²) in [6, 6.07) is 12.1. The highest BCUT2D eigenvalue weighted by molar-refractivity contribution is 9.10. The number of hydrogen-bond acceptors (Lipinski definition) is 3. The molecule has 0 saturated heterocycles. The molecule has 0 bridgehead atoms. The normalized spacial score (nSPS) is 11.6. The predicted octanol–water partition coefficient (Wildman–Crippen LogP) is 5.39. The molecule has 23 heavy (non-hydrogen) atoms. The van der Waals surface area contributed by atoms with Gasteiger partial charge in [0.05, 0.1) is 0 Å². The fraction of sp³-hybridized carbons (Fsp3) is 0.0588. The van der Waals surface area contributed by atoms with Crippen molar-refractivity contribution in [1.82, 2.24) is 0 Å². The van der Waals surface area contributed by atoms with Crippen molar-refractivity contribution in [3.05, 3.63) is 63.5 Å². The van der Waals surface area contributed by atoms with E-state index in [1.54, 1.807) is 6.07 Å². The van der Waals surface area contributed by atoms with Gasteiger partial charge in [-0.25, -0.2) is 12.8 Å². The van der Waals surface area contributed by atoms with Crippen LogP contribution in [0, 0.1) is 5.82 Å². The number of hydrogen-bond donors (Lipinski definition) is 0. The van der Waals surface area contributed by atoms with E-state index in [-0.39, 0.29) is 4.90 Å². The number of sulfone groups is 1. The molecular formula is C17H12BrFO2S2. The number of rotatable bonds is 3. The Labute approximate surface area is 146 Å². The van der Waals surface area contributed by atoms with Gasteiger partial charge in [-0.2, -0.15) is 11.3 Å². The predicted molar refractivity (Wildman–Crippen MR) is 96.0 cm³/mol. The quantitative estimate of drug-likeness (QED) is 0.579. The maximum Gasteiger partial charge on any atom is 0.178 e. The van der Waals surface area contributed by atoms with E-state index in [1.807, 2.05) is 35.0 Å². The van der Waals surface area contributed by atoms with Crippen molar-refractivity contribution in [2.45, 2.75) is 4.90 Å². The lowest BCUT2D eigenvalue weighted by Gasteiger charge is -2.07. The second kappa shape index (κ2) is 6.19. The van der Waals surface area contributed by atoms with Crippen molar-refractivity contribution in [1.29, 1.82) is 0 Å². The Hall–Kier alpha value is -1.50. The number of halogens is 2. The first-order chi connectivity index (χ1) is 10.9.